The Bertz CT molecular complexity index is 1530. The molecule has 2 aromatic carbocycles. The second-order valence-electron chi connectivity index (χ2n) is 10.4. The van der Waals surface area contributed by atoms with E-state index in [1.807, 2.05) is 25.1 Å². The van der Waals surface area contributed by atoms with Crippen LogP contribution in [0, 0.1) is 36.5 Å². The predicted molar refractivity (Wildman–Crippen MR) is 134 cm³/mol. The molecular formula is C27H21F3N2O3S2. The third kappa shape index (κ3) is 3.21. The quantitative estimate of drug-likeness (QED) is 0.438. The van der Waals surface area contributed by atoms with E-state index in [1.54, 1.807) is 11.8 Å². The van der Waals surface area contributed by atoms with Gasteiger partial charge in [0.25, 0.3) is 0 Å². The Labute approximate surface area is 218 Å². The van der Waals surface area contributed by atoms with Gasteiger partial charge in [-0.2, -0.15) is 13.2 Å². The van der Waals surface area contributed by atoms with Crippen LogP contribution in [0.25, 0.3) is 0 Å². The third-order valence-electron chi connectivity index (χ3n) is 8.68. The van der Waals surface area contributed by atoms with Gasteiger partial charge in [-0.05, 0) is 60.4 Å². The zero-order chi connectivity index (χ0) is 25.8. The lowest BCUT2D eigenvalue weighted by atomic mass is 9.67. The van der Waals surface area contributed by atoms with Crippen LogP contribution in [0.4, 0.5) is 18.9 Å². The van der Waals surface area contributed by atoms with Gasteiger partial charge >= 0.3 is 11.0 Å². The molecule has 190 valence electrons. The van der Waals surface area contributed by atoms with E-state index in [0.717, 1.165) is 44.5 Å². The molecule has 5 nitrogen and oxygen atoms in total. The van der Waals surface area contributed by atoms with Gasteiger partial charge in [0.05, 0.1) is 28.1 Å². The molecule has 7 rings (SSSR count). The Morgan fingerprint density at radius 3 is 2.43 bits per heavy atom. The average Bonchev–Trinajstić information content (AvgIpc) is 3.58. The molecule has 1 aromatic heterocycles. The molecule has 10 heteroatoms. The Balaban J connectivity index is 1.31. The van der Waals surface area contributed by atoms with Gasteiger partial charge in [0.15, 0.2) is 0 Å². The van der Waals surface area contributed by atoms with Crippen molar-refractivity contribution < 1.29 is 22.8 Å². The molecule has 0 spiro atoms. The van der Waals surface area contributed by atoms with Crippen LogP contribution in [0.3, 0.4) is 0 Å². The molecule has 1 N–H and O–H groups in total. The van der Waals surface area contributed by atoms with Crippen molar-refractivity contribution in [1.82, 2.24) is 4.98 Å². The largest absolute Gasteiger partial charge is 0.416 e. The number of fused-ring (bicyclic) bond motifs is 9. The van der Waals surface area contributed by atoms with Crippen molar-refractivity contribution in [2.24, 2.45) is 29.6 Å². The van der Waals surface area contributed by atoms with Crippen molar-refractivity contribution in [1.29, 1.82) is 0 Å². The van der Waals surface area contributed by atoms with Crippen LogP contribution in [-0.2, 0) is 15.8 Å². The zero-order valence-corrected chi connectivity index (χ0v) is 21.1. The van der Waals surface area contributed by atoms with E-state index >= 15 is 0 Å². The van der Waals surface area contributed by atoms with Crippen LogP contribution < -0.4 is 9.77 Å². The number of H-pyrrole nitrogens is 1. The lowest BCUT2D eigenvalue weighted by Gasteiger charge is -2.43. The standard InChI is InChI=1S/C27H21F3N2O3S2/c1-11-5-2-3-8-14(11)17-18-15-10-16(21(18)36-23-22(17)37-26(35)31-23)20-19(15)24(33)32(25(20)34)13-7-4-6-12(9-13)27(28,29)30/h2-9,15-21H,10H2,1H3,(H,31,35)/t15-,16-,17-,18+,19-,20-,21-/m1/s1. The summed E-state index contributed by atoms with van der Waals surface area (Å²) >= 11 is 2.80. The first-order valence-corrected chi connectivity index (χ1v) is 13.8. The molecule has 2 aliphatic heterocycles. The summed E-state index contributed by atoms with van der Waals surface area (Å²) in [4.78, 5) is 44.6. The van der Waals surface area contributed by atoms with Gasteiger partial charge in [-0.3, -0.25) is 19.3 Å². The number of nitrogens with zero attached hydrogens (tertiary/aromatic N) is 1. The molecule has 0 radical (unpaired) electrons. The number of hydrogen-bond donors (Lipinski definition) is 1. The monoisotopic (exact) mass is 542 g/mol. The molecule has 1 saturated heterocycles. The summed E-state index contributed by atoms with van der Waals surface area (Å²) in [7, 11) is 0. The number of aryl methyl sites for hydroxylation is 1. The Morgan fingerprint density at radius 1 is 0.973 bits per heavy atom. The predicted octanol–water partition coefficient (Wildman–Crippen LogP) is 5.44. The van der Waals surface area contributed by atoms with E-state index in [2.05, 4.69) is 11.1 Å². The third-order valence-corrected chi connectivity index (χ3v) is 11.3. The lowest BCUT2D eigenvalue weighted by Crippen LogP contribution is -2.42. The molecule has 3 aromatic rings. The number of imide groups is 1. The lowest BCUT2D eigenvalue weighted by molar-refractivity contribution is -0.137. The number of amides is 2. The summed E-state index contributed by atoms with van der Waals surface area (Å²) in [5.74, 6) is -2.11. The van der Waals surface area contributed by atoms with Gasteiger partial charge in [-0.1, -0.05) is 41.7 Å². The molecule has 7 atom stereocenters. The fourth-order valence-electron chi connectivity index (χ4n) is 7.38. The highest BCUT2D eigenvalue weighted by molar-refractivity contribution is 8.00. The minimum atomic E-state index is -4.57. The number of hydrogen-bond acceptors (Lipinski definition) is 5. The SMILES string of the molecule is Cc1ccccc1[C@H]1c2sc(=O)[nH]c2S[C@@H]2[C@@H]3C[C@@H]([C@H]4C(=O)N(c5cccc(C(F)(F)F)c5)C(=O)[C@H]34)[C@@H]12. The summed E-state index contributed by atoms with van der Waals surface area (Å²) in [6.07, 6.45) is -3.84. The summed E-state index contributed by atoms with van der Waals surface area (Å²) in [5.41, 5.74) is 1.31. The fourth-order valence-corrected chi connectivity index (χ4v) is 10.3. The highest BCUT2D eigenvalue weighted by Gasteiger charge is 2.69. The van der Waals surface area contributed by atoms with E-state index in [1.165, 1.54) is 23.5 Å². The molecule has 0 unspecified atom stereocenters. The Morgan fingerprint density at radius 2 is 1.70 bits per heavy atom. The van der Waals surface area contributed by atoms with Crippen molar-refractivity contribution in [3.8, 4) is 0 Å². The number of aromatic nitrogens is 1. The van der Waals surface area contributed by atoms with Crippen molar-refractivity contribution in [3.63, 3.8) is 0 Å². The number of anilines is 1. The van der Waals surface area contributed by atoms with Crippen LogP contribution in [0.1, 0.15) is 33.9 Å². The Kier molecular flexibility index (Phi) is 4.93. The number of benzene rings is 2. The number of thioether (sulfide) groups is 1. The van der Waals surface area contributed by atoms with Crippen LogP contribution >= 0.6 is 23.1 Å². The average molecular weight is 543 g/mol. The fraction of sp³-hybridized carbons (Fsp3) is 0.370. The van der Waals surface area contributed by atoms with E-state index in [0.29, 0.717) is 0 Å². The molecule has 4 aliphatic rings. The van der Waals surface area contributed by atoms with Crippen molar-refractivity contribution in [2.45, 2.75) is 35.7 Å². The normalized spacial score (nSPS) is 32.0. The van der Waals surface area contributed by atoms with Gasteiger partial charge in [-0.25, -0.2) is 0 Å². The summed E-state index contributed by atoms with van der Waals surface area (Å²) in [6, 6.07) is 12.5. The molecule has 37 heavy (non-hydrogen) atoms. The molecule has 3 fully saturated rings. The minimum absolute atomic E-state index is 0.0202. The highest BCUT2D eigenvalue weighted by atomic mass is 32.2. The number of alkyl halides is 3. The van der Waals surface area contributed by atoms with E-state index < -0.39 is 35.4 Å². The van der Waals surface area contributed by atoms with Gasteiger partial charge in [-0.15, -0.1) is 11.8 Å². The van der Waals surface area contributed by atoms with Crippen molar-refractivity contribution in [2.75, 3.05) is 4.90 Å². The zero-order valence-electron chi connectivity index (χ0n) is 19.5. The van der Waals surface area contributed by atoms with Gasteiger partial charge < -0.3 is 4.98 Å². The first-order chi connectivity index (χ1) is 17.6. The molecule has 2 amide bonds. The summed E-state index contributed by atoms with van der Waals surface area (Å²) in [5, 5.41) is 0.868. The van der Waals surface area contributed by atoms with Crippen LogP contribution in [0.2, 0.25) is 0 Å². The number of nitrogens with one attached hydrogen (secondary N) is 1. The summed E-state index contributed by atoms with van der Waals surface area (Å²) in [6.45, 7) is 2.04. The second kappa shape index (κ2) is 7.83. The topological polar surface area (TPSA) is 70.2 Å². The number of carbonyl (C=O) groups is 2. The molecular weight excluding hydrogens is 521 g/mol. The minimum Gasteiger partial charge on any atom is -0.307 e. The number of thiazole rings is 1. The van der Waals surface area contributed by atoms with E-state index in [4.69, 9.17) is 0 Å². The number of carbonyl (C=O) groups excluding carboxylic acids is 2. The van der Waals surface area contributed by atoms with E-state index in [-0.39, 0.29) is 39.5 Å². The second-order valence-corrected chi connectivity index (χ2v) is 12.6. The number of rotatable bonds is 2. The molecule has 2 bridgehead atoms. The smallest absolute Gasteiger partial charge is 0.307 e. The first-order valence-electron chi connectivity index (χ1n) is 12.2. The van der Waals surface area contributed by atoms with Crippen molar-refractivity contribution in [3.05, 3.63) is 79.8 Å². The van der Waals surface area contributed by atoms with Gasteiger partial charge in [0.2, 0.25) is 11.8 Å². The highest BCUT2D eigenvalue weighted by Crippen LogP contribution is 2.68. The number of aromatic amines is 1. The van der Waals surface area contributed by atoms with Crippen LogP contribution in [0.15, 0.2) is 58.4 Å². The van der Waals surface area contributed by atoms with Crippen molar-refractivity contribution >= 4 is 40.6 Å². The molecule has 2 saturated carbocycles. The number of halogens is 3. The molecule has 3 heterocycles. The van der Waals surface area contributed by atoms with Gasteiger partial charge in [0, 0.05) is 16.0 Å². The Hall–Kier alpha value is -2.85. The van der Waals surface area contributed by atoms with Gasteiger partial charge in [0.1, 0.15) is 0 Å². The maximum absolute atomic E-state index is 13.7. The van der Waals surface area contributed by atoms with E-state index in [9.17, 15) is 27.6 Å². The summed E-state index contributed by atoms with van der Waals surface area (Å²) < 4.78 is 40.1. The maximum Gasteiger partial charge on any atom is 0.416 e. The maximum atomic E-state index is 13.7. The molecule has 2 aliphatic carbocycles. The van der Waals surface area contributed by atoms with Crippen LogP contribution in [0.5, 0.6) is 0 Å². The van der Waals surface area contributed by atoms with Crippen LogP contribution in [-0.4, -0.2) is 22.0 Å². The first kappa shape index (κ1) is 23.3.